The topological polar surface area (TPSA) is 67.2 Å². The Bertz CT molecular complexity index is 801. The van der Waals surface area contributed by atoms with Crippen molar-refractivity contribution in [3.8, 4) is 0 Å². The molecule has 1 saturated heterocycles. The fraction of sp³-hybridized carbons (Fsp3) is 0.526. The first-order valence-electron chi connectivity index (χ1n) is 9.12. The zero-order valence-electron chi connectivity index (χ0n) is 14.6. The Morgan fingerprint density at radius 3 is 2.56 bits per heavy atom. The van der Waals surface area contributed by atoms with Crippen LogP contribution in [0.4, 0.5) is 0 Å². The average Bonchev–Trinajstić information content (AvgIpc) is 3.40. The van der Waals surface area contributed by atoms with Crippen LogP contribution in [-0.4, -0.2) is 39.4 Å². The Balaban J connectivity index is 1.42. The summed E-state index contributed by atoms with van der Waals surface area (Å²) in [5.74, 6) is 1.11. The van der Waals surface area contributed by atoms with E-state index in [2.05, 4.69) is 16.0 Å². The molecular weight excluding hydrogens is 316 g/mol. The third-order valence-electron chi connectivity index (χ3n) is 5.31. The van der Waals surface area contributed by atoms with Crippen LogP contribution in [0, 0.1) is 5.92 Å². The van der Waals surface area contributed by atoms with Gasteiger partial charge in [-0.05, 0) is 37.8 Å². The van der Waals surface area contributed by atoms with E-state index in [0.717, 1.165) is 29.7 Å². The van der Waals surface area contributed by atoms with Crippen molar-refractivity contribution in [1.82, 2.24) is 19.8 Å². The van der Waals surface area contributed by atoms with E-state index in [9.17, 15) is 9.59 Å². The Hall–Kier alpha value is -2.37. The van der Waals surface area contributed by atoms with Gasteiger partial charge in [-0.15, -0.1) is 0 Å². The molecule has 0 unspecified atom stereocenters. The highest BCUT2D eigenvalue weighted by atomic mass is 16.2. The van der Waals surface area contributed by atoms with Gasteiger partial charge in [-0.2, -0.15) is 0 Å². The smallest absolute Gasteiger partial charge is 0.223 e. The zero-order chi connectivity index (χ0) is 17.4. The number of carbonyl (C=O) groups is 2. The number of benzene rings is 1. The molecule has 1 aliphatic carbocycles. The molecule has 1 N–H and O–H groups in total. The Morgan fingerprint density at radius 2 is 1.88 bits per heavy atom. The van der Waals surface area contributed by atoms with Crippen LogP contribution in [0.15, 0.2) is 24.3 Å². The standard InChI is InChI=1S/C19H24N4O2/c1-13(24)22-10-8-14(9-11-22)19(25)20-12-18-21-16-4-2-3-5-17(16)23(18)15-6-7-15/h2-5,14-15H,6-12H2,1H3,(H,20,25). The molecule has 1 aliphatic heterocycles. The van der Waals surface area contributed by atoms with E-state index in [1.165, 1.54) is 12.8 Å². The van der Waals surface area contributed by atoms with Gasteiger partial charge in [0.25, 0.3) is 0 Å². The highest BCUT2D eigenvalue weighted by Gasteiger charge is 2.29. The van der Waals surface area contributed by atoms with Gasteiger partial charge in [0.15, 0.2) is 0 Å². The van der Waals surface area contributed by atoms with E-state index in [4.69, 9.17) is 4.98 Å². The summed E-state index contributed by atoms with van der Waals surface area (Å²) in [6, 6.07) is 8.69. The molecule has 6 nitrogen and oxygen atoms in total. The van der Waals surface area contributed by atoms with Gasteiger partial charge in [-0.3, -0.25) is 9.59 Å². The Morgan fingerprint density at radius 1 is 1.16 bits per heavy atom. The van der Waals surface area contributed by atoms with Crippen LogP contribution in [0.5, 0.6) is 0 Å². The quantitative estimate of drug-likeness (QED) is 0.928. The number of fused-ring (bicyclic) bond motifs is 1. The van der Waals surface area contributed by atoms with E-state index in [1.807, 2.05) is 23.1 Å². The van der Waals surface area contributed by atoms with Gasteiger partial charge in [0.2, 0.25) is 11.8 Å². The summed E-state index contributed by atoms with van der Waals surface area (Å²) >= 11 is 0. The molecular formula is C19H24N4O2. The second-order valence-electron chi connectivity index (χ2n) is 7.12. The lowest BCUT2D eigenvalue weighted by atomic mass is 9.96. The van der Waals surface area contributed by atoms with Gasteiger partial charge in [0, 0.05) is 32.0 Å². The van der Waals surface area contributed by atoms with Crippen molar-refractivity contribution in [2.75, 3.05) is 13.1 Å². The molecule has 0 atom stereocenters. The molecule has 2 heterocycles. The largest absolute Gasteiger partial charge is 0.349 e. The van der Waals surface area contributed by atoms with E-state index in [-0.39, 0.29) is 17.7 Å². The molecule has 6 heteroatoms. The van der Waals surface area contributed by atoms with Gasteiger partial charge in [-0.25, -0.2) is 4.98 Å². The first-order valence-corrected chi connectivity index (χ1v) is 9.12. The zero-order valence-corrected chi connectivity index (χ0v) is 14.6. The molecule has 1 aromatic heterocycles. The Kier molecular flexibility index (Phi) is 4.19. The number of para-hydroxylation sites is 2. The van der Waals surface area contributed by atoms with E-state index in [1.54, 1.807) is 6.92 Å². The second-order valence-corrected chi connectivity index (χ2v) is 7.12. The predicted molar refractivity (Wildman–Crippen MR) is 94.8 cm³/mol. The molecule has 1 saturated carbocycles. The molecule has 2 fully saturated rings. The molecule has 2 aromatic rings. The normalized spacial score (nSPS) is 18.5. The van der Waals surface area contributed by atoms with Crippen molar-refractivity contribution in [2.24, 2.45) is 5.92 Å². The maximum Gasteiger partial charge on any atom is 0.223 e. The van der Waals surface area contributed by atoms with Crippen LogP contribution in [0.25, 0.3) is 11.0 Å². The summed E-state index contributed by atoms with van der Waals surface area (Å²) in [5, 5.41) is 3.07. The molecule has 0 bridgehead atoms. The van der Waals surface area contributed by atoms with Crippen LogP contribution in [0.1, 0.15) is 44.5 Å². The number of imidazole rings is 1. The second kappa shape index (κ2) is 6.50. The first kappa shape index (κ1) is 16.1. The molecule has 132 valence electrons. The lowest BCUT2D eigenvalue weighted by Gasteiger charge is -2.30. The number of likely N-dealkylation sites (tertiary alicyclic amines) is 1. The third kappa shape index (κ3) is 3.25. The van der Waals surface area contributed by atoms with Gasteiger partial charge >= 0.3 is 0 Å². The molecule has 25 heavy (non-hydrogen) atoms. The van der Waals surface area contributed by atoms with Crippen molar-refractivity contribution in [2.45, 2.75) is 45.2 Å². The number of hydrogen-bond acceptors (Lipinski definition) is 3. The van der Waals surface area contributed by atoms with Crippen molar-refractivity contribution in [3.63, 3.8) is 0 Å². The monoisotopic (exact) mass is 340 g/mol. The van der Waals surface area contributed by atoms with Crippen LogP contribution < -0.4 is 5.32 Å². The van der Waals surface area contributed by atoms with Crippen molar-refractivity contribution in [1.29, 1.82) is 0 Å². The number of amides is 2. The SMILES string of the molecule is CC(=O)N1CCC(C(=O)NCc2nc3ccccc3n2C2CC2)CC1. The number of aromatic nitrogens is 2. The first-order chi connectivity index (χ1) is 12.1. The number of rotatable bonds is 4. The summed E-state index contributed by atoms with van der Waals surface area (Å²) in [6.45, 7) is 3.40. The van der Waals surface area contributed by atoms with Crippen LogP contribution in [0.3, 0.4) is 0 Å². The number of nitrogens with one attached hydrogen (secondary N) is 1. The lowest BCUT2D eigenvalue weighted by Crippen LogP contribution is -2.42. The van der Waals surface area contributed by atoms with Gasteiger partial charge < -0.3 is 14.8 Å². The molecule has 0 radical (unpaired) electrons. The van der Waals surface area contributed by atoms with Crippen molar-refractivity contribution in [3.05, 3.63) is 30.1 Å². The average molecular weight is 340 g/mol. The maximum atomic E-state index is 12.5. The summed E-state index contributed by atoms with van der Waals surface area (Å²) < 4.78 is 2.29. The van der Waals surface area contributed by atoms with Gasteiger partial charge in [0.1, 0.15) is 5.82 Å². The summed E-state index contributed by atoms with van der Waals surface area (Å²) in [5.41, 5.74) is 2.15. The van der Waals surface area contributed by atoms with E-state index >= 15 is 0 Å². The van der Waals surface area contributed by atoms with Crippen LogP contribution in [0.2, 0.25) is 0 Å². The third-order valence-corrected chi connectivity index (χ3v) is 5.31. The lowest BCUT2D eigenvalue weighted by molar-refractivity contribution is -0.134. The predicted octanol–water partition coefficient (Wildman–Crippen LogP) is 2.25. The van der Waals surface area contributed by atoms with Gasteiger partial charge in [-0.1, -0.05) is 12.1 Å². The van der Waals surface area contributed by atoms with Crippen LogP contribution >= 0.6 is 0 Å². The minimum absolute atomic E-state index is 0.00523. The number of piperidine rings is 1. The molecule has 0 spiro atoms. The summed E-state index contributed by atoms with van der Waals surface area (Å²) in [4.78, 5) is 30.4. The molecule has 2 aliphatic rings. The van der Waals surface area contributed by atoms with E-state index in [0.29, 0.717) is 25.7 Å². The van der Waals surface area contributed by atoms with E-state index < -0.39 is 0 Å². The number of hydrogen-bond donors (Lipinski definition) is 1. The van der Waals surface area contributed by atoms with Crippen LogP contribution in [-0.2, 0) is 16.1 Å². The van der Waals surface area contributed by atoms with Crippen molar-refractivity contribution >= 4 is 22.8 Å². The fourth-order valence-corrected chi connectivity index (χ4v) is 3.73. The maximum absolute atomic E-state index is 12.5. The van der Waals surface area contributed by atoms with Crippen molar-refractivity contribution < 1.29 is 9.59 Å². The highest BCUT2D eigenvalue weighted by Crippen LogP contribution is 2.38. The minimum atomic E-state index is -0.00523. The number of carbonyl (C=O) groups excluding carboxylic acids is 2. The fourth-order valence-electron chi connectivity index (χ4n) is 3.73. The number of nitrogens with zero attached hydrogens (tertiary/aromatic N) is 3. The minimum Gasteiger partial charge on any atom is -0.349 e. The van der Waals surface area contributed by atoms with Gasteiger partial charge in [0.05, 0.1) is 17.6 Å². The Labute approximate surface area is 147 Å². The molecule has 2 amide bonds. The molecule has 1 aromatic carbocycles. The highest BCUT2D eigenvalue weighted by molar-refractivity contribution is 5.80. The summed E-state index contributed by atoms with van der Waals surface area (Å²) in [7, 11) is 0. The summed E-state index contributed by atoms with van der Waals surface area (Å²) in [6.07, 6.45) is 3.85. The molecule has 4 rings (SSSR count).